The van der Waals surface area contributed by atoms with Crippen LogP contribution in [0.15, 0.2) is 48.8 Å². The Balaban J connectivity index is 1.65. The highest BCUT2D eigenvalue weighted by atomic mass is 19.1. The highest BCUT2D eigenvalue weighted by molar-refractivity contribution is 5.67. The molecule has 3 aromatic rings. The highest BCUT2D eigenvalue weighted by Gasteiger charge is 2.15. The summed E-state index contributed by atoms with van der Waals surface area (Å²) >= 11 is 0. The number of nitrogens with one attached hydrogen (secondary N) is 2. The summed E-state index contributed by atoms with van der Waals surface area (Å²) in [5.74, 6) is 0.980. The Morgan fingerprint density at radius 1 is 0.964 bits per heavy atom. The van der Waals surface area contributed by atoms with Crippen molar-refractivity contribution in [1.82, 2.24) is 15.0 Å². The first-order valence-corrected chi connectivity index (χ1v) is 9.76. The van der Waals surface area contributed by atoms with Crippen molar-refractivity contribution in [1.29, 1.82) is 0 Å². The van der Waals surface area contributed by atoms with Crippen molar-refractivity contribution in [2.45, 2.75) is 45.1 Å². The zero-order chi connectivity index (χ0) is 19.3. The molecule has 2 N–H and O–H groups in total. The van der Waals surface area contributed by atoms with Crippen LogP contribution in [0.4, 0.5) is 21.8 Å². The van der Waals surface area contributed by atoms with Gasteiger partial charge < -0.3 is 10.6 Å². The molecule has 0 aliphatic heterocycles. The first-order valence-electron chi connectivity index (χ1n) is 9.76. The van der Waals surface area contributed by atoms with Gasteiger partial charge in [0.05, 0.1) is 5.69 Å². The first kappa shape index (κ1) is 18.3. The van der Waals surface area contributed by atoms with Crippen LogP contribution in [-0.2, 0) is 0 Å². The minimum absolute atomic E-state index is 0.242. The Bertz CT molecular complexity index is 939. The second kappa shape index (κ2) is 8.33. The quantitative estimate of drug-likeness (QED) is 0.617. The number of anilines is 3. The molecule has 0 saturated heterocycles. The van der Waals surface area contributed by atoms with Crippen LogP contribution in [0, 0.1) is 12.7 Å². The summed E-state index contributed by atoms with van der Waals surface area (Å²) in [6, 6.07) is 11.2. The Morgan fingerprint density at radius 3 is 2.50 bits per heavy atom. The molecule has 6 heteroatoms. The molecule has 144 valence electrons. The third kappa shape index (κ3) is 4.44. The minimum Gasteiger partial charge on any atom is -0.351 e. The molecule has 1 aliphatic carbocycles. The number of nitrogens with zero attached hydrogens (tertiary/aromatic N) is 3. The number of halogens is 1. The molecule has 1 saturated carbocycles. The zero-order valence-electron chi connectivity index (χ0n) is 16.0. The van der Waals surface area contributed by atoms with Crippen LogP contribution >= 0.6 is 0 Å². The Labute approximate surface area is 164 Å². The van der Waals surface area contributed by atoms with Crippen molar-refractivity contribution in [3.8, 4) is 11.3 Å². The smallest absolute Gasteiger partial charge is 0.225 e. The molecule has 4 rings (SSSR count). The van der Waals surface area contributed by atoms with E-state index < -0.39 is 0 Å². The normalized spacial score (nSPS) is 14.6. The molecule has 2 heterocycles. The monoisotopic (exact) mass is 377 g/mol. The fraction of sp³-hybridized carbons (Fsp3) is 0.318. The topological polar surface area (TPSA) is 62.7 Å². The fourth-order valence-corrected chi connectivity index (χ4v) is 3.49. The van der Waals surface area contributed by atoms with Gasteiger partial charge in [0, 0.05) is 35.8 Å². The van der Waals surface area contributed by atoms with Crippen molar-refractivity contribution < 1.29 is 4.39 Å². The molecule has 28 heavy (non-hydrogen) atoms. The number of hydrogen-bond acceptors (Lipinski definition) is 5. The van der Waals surface area contributed by atoms with Gasteiger partial charge in [-0.3, -0.25) is 4.98 Å². The van der Waals surface area contributed by atoms with E-state index in [4.69, 9.17) is 4.98 Å². The number of aryl methyl sites for hydroxylation is 1. The van der Waals surface area contributed by atoms with Crippen molar-refractivity contribution in [3.63, 3.8) is 0 Å². The first-order chi connectivity index (χ1) is 13.7. The van der Waals surface area contributed by atoms with E-state index in [0.717, 1.165) is 24.1 Å². The molecular formula is C22H24FN5. The minimum atomic E-state index is -0.242. The van der Waals surface area contributed by atoms with E-state index in [1.165, 1.54) is 25.3 Å². The second-order valence-electron chi connectivity index (χ2n) is 7.27. The van der Waals surface area contributed by atoms with Crippen LogP contribution in [0.25, 0.3) is 11.3 Å². The standard InChI is InChI=1S/C22H24FN5/c1-15-7-8-18(13-19(15)23)25-21-14-20(16-9-11-24-12-10-16)27-22(28-21)26-17-5-3-2-4-6-17/h7-14,17H,2-6H2,1H3,(H2,25,26,27,28). The molecule has 0 spiro atoms. The van der Waals surface area contributed by atoms with E-state index in [1.807, 2.05) is 24.3 Å². The largest absolute Gasteiger partial charge is 0.351 e. The summed E-state index contributed by atoms with van der Waals surface area (Å²) in [7, 11) is 0. The summed E-state index contributed by atoms with van der Waals surface area (Å²) in [5, 5.41) is 6.70. The highest BCUT2D eigenvalue weighted by Crippen LogP contribution is 2.26. The van der Waals surface area contributed by atoms with Crippen LogP contribution in [0.3, 0.4) is 0 Å². The van der Waals surface area contributed by atoms with Gasteiger partial charge in [-0.2, -0.15) is 4.98 Å². The number of pyridine rings is 1. The number of benzene rings is 1. The number of aromatic nitrogens is 3. The molecule has 0 amide bonds. The lowest BCUT2D eigenvalue weighted by atomic mass is 9.96. The summed E-state index contributed by atoms with van der Waals surface area (Å²) in [6.45, 7) is 1.75. The summed E-state index contributed by atoms with van der Waals surface area (Å²) in [5.41, 5.74) is 3.03. The van der Waals surface area contributed by atoms with Gasteiger partial charge in [0.1, 0.15) is 11.6 Å². The van der Waals surface area contributed by atoms with Gasteiger partial charge in [-0.1, -0.05) is 25.3 Å². The van der Waals surface area contributed by atoms with Crippen molar-refractivity contribution >= 4 is 17.5 Å². The van der Waals surface area contributed by atoms with Crippen molar-refractivity contribution in [2.24, 2.45) is 0 Å². The van der Waals surface area contributed by atoms with E-state index in [9.17, 15) is 4.39 Å². The van der Waals surface area contributed by atoms with Gasteiger partial charge in [0.25, 0.3) is 0 Å². The maximum absolute atomic E-state index is 13.9. The summed E-state index contributed by atoms with van der Waals surface area (Å²) < 4.78 is 13.9. The predicted molar refractivity (Wildman–Crippen MR) is 110 cm³/mol. The number of rotatable bonds is 5. The Hall–Kier alpha value is -3.02. The molecule has 0 atom stereocenters. The zero-order valence-corrected chi connectivity index (χ0v) is 16.0. The average Bonchev–Trinajstić information content (AvgIpc) is 2.72. The van der Waals surface area contributed by atoms with E-state index in [0.29, 0.717) is 29.1 Å². The summed E-state index contributed by atoms with van der Waals surface area (Å²) in [4.78, 5) is 13.4. The lowest BCUT2D eigenvalue weighted by Crippen LogP contribution is -2.23. The van der Waals surface area contributed by atoms with Crippen LogP contribution < -0.4 is 10.6 Å². The van der Waals surface area contributed by atoms with Crippen LogP contribution in [0.2, 0.25) is 0 Å². The molecule has 0 unspecified atom stereocenters. The van der Waals surface area contributed by atoms with Crippen LogP contribution in [-0.4, -0.2) is 21.0 Å². The molecule has 0 radical (unpaired) electrons. The van der Waals surface area contributed by atoms with E-state index in [1.54, 1.807) is 25.4 Å². The number of hydrogen-bond donors (Lipinski definition) is 2. The molecule has 1 aliphatic rings. The maximum atomic E-state index is 13.9. The molecule has 2 aromatic heterocycles. The van der Waals surface area contributed by atoms with E-state index >= 15 is 0 Å². The lowest BCUT2D eigenvalue weighted by molar-refractivity contribution is 0.461. The van der Waals surface area contributed by atoms with Crippen LogP contribution in [0.1, 0.15) is 37.7 Å². The third-order valence-corrected chi connectivity index (χ3v) is 5.08. The van der Waals surface area contributed by atoms with Gasteiger partial charge in [0.2, 0.25) is 5.95 Å². The average molecular weight is 377 g/mol. The van der Waals surface area contributed by atoms with Gasteiger partial charge in [-0.05, 0) is 49.6 Å². The second-order valence-corrected chi connectivity index (χ2v) is 7.27. The third-order valence-electron chi connectivity index (χ3n) is 5.08. The van der Waals surface area contributed by atoms with Crippen LogP contribution in [0.5, 0.6) is 0 Å². The van der Waals surface area contributed by atoms with Crippen molar-refractivity contribution in [3.05, 3.63) is 60.2 Å². The predicted octanol–water partition coefficient (Wildman–Crippen LogP) is 5.47. The maximum Gasteiger partial charge on any atom is 0.225 e. The fourth-order valence-electron chi connectivity index (χ4n) is 3.49. The molecule has 5 nitrogen and oxygen atoms in total. The Kier molecular flexibility index (Phi) is 5.46. The lowest BCUT2D eigenvalue weighted by Gasteiger charge is -2.23. The van der Waals surface area contributed by atoms with Gasteiger partial charge in [-0.15, -0.1) is 0 Å². The Morgan fingerprint density at radius 2 is 1.75 bits per heavy atom. The molecule has 0 bridgehead atoms. The van der Waals surface area contributed by atoms with E-state index in [-0.39, 0.29) is 5.82 Å². The van der Waals surface area contributed by atoms with E-state index in [2.05, 4.69) is 20.6 Å². The summed E-state index contributed by atoms with van der Waals surface area (Å²) in [6.07, 6.45) is 9.51. The molecule has 1 aromatic carbocycles. The SMILES string of the molecule is Cc1ccc(Nc2cc(-c3ccncc3)nc(NC3CCCCC3)n2)cc1F. The van der Waals surface area contributed by atoms with Gasteiger partial charge in [0.15, 0.2) is 0 Å². The molecule has 1 fully saturated rings. The van der Waals surface area contributed by atoms with Crippen molar-refractivity contribution in [2.75, 3.05) is 10.6 Å². The molecular weight excluding hydrogens is 353 g/mol. The van der Waals surface area contributed by atoms with Gasteiger partial charge in [-0.25, -0.2) is 9.37 Å². The van der Waals surface area contributed by atoms with Gasteiger partial charge >= 0.3 is 0 Å².